The maximum atomic E-state index is 14.1. The number of carbonyl (C=O) groups excluding carboxylic acids is 1. The molecule has 1 amide bonds. The first-order valence-electron chi connectivity index (χ1n) is 11.9. The highest BCUT2D eigenvalue weighted by molar-refractivity contribution is 6.30. The Labute approximate surface area is 198 Å². The molecule has 0 unspecified atom stereocenters. The molecule has 1 aromatic heterocycles. The van der Waals surface area contributed by atoms with E-state index in [0.717, 1.165) is 49.6 Å². The lowest BCUT2D eigenvalue weighted by atomic mass is 9.89. The molecule has 0 bridgehead atoms. The fraction of sp³-hybridized carbons (Fsp3) is 0.462. The summed E-state index contributed by atoms with van der Waals surface area (Å²) < 4.78 is 21.7. The Morgan fingerprint density at radius 2 is 1.79 bits per heavy atom. The van der Waals surface area contributed by atoms with Gasteiger partial charge in [0.1, 0.15) is 17.7 Å². The molecular weight excluding hydrogens is 441 g/mol. The van der Waals surface area contributed by atoms with Gasteiger partial charge in [-0.3, -0.25) is 4.79 Å². The molecule has 2 fully saturated rings. The predicted molar refractivity (Wildman–Crippen MR) is 128 cm³/mol. The second-order valence-corrected chi connectivity index (χ2v) is 9.62. The molecule has 1 saturated carbocycles. The molecule has 1 saturated heterocycles. The largest absolute Gasteiger partial charge is 0.381 e. The zero-order valence-electron chi connectivity index (χ0n) is 18.6. The first kappa shape index (κ1) is 22.4. The molecule has 2 heterocycles. The Morgan fingerprint density at radius 1 is 1.06 bits per heavy atom. The van der Waals surface area contributed by atoms with Crippen LogP contribution in [0.4, 0.5) is 4.39 Å². The molecule has 174 valence electrons. The second-order valence-electron chi connectivity index (χ2n) is 9.18. The van der Waals surface area contributed by atoms with Gasteiger partial charge < -0.3 is 14.6 Å². The average molecular weight is 470 g/mol. The van der Waals surface area contributed by atoms with Gasteiger partial charge in [0.05, 0.1) is 11.0 Å². The van der Waals surface area contributed by atoms with E-state index < -0.39 is 6.04 Å². The maximum absolute atomic E-state index is 14.1. The van der Waals surface area contributed by atoms with E-state index in [1.54, 1.807) is 6.07 Å². The van der Waals surface area contributed by atoms with E-state index in [0.29, 0.717) is 29.6 Å². The number of carbonyl (C=O) groups is 1. The van der Waals surface area contributed by atoms with Gasteiger partial charge in [-0.15, -0.1) is 0 Å². The first-order valence-corrected chi connectivity index (χ1v) is 12.3. The lowest BCUT2D eigenvalue weighted by molar-refractivity contribution is -0.127. The Balaban J connectivity index is 1.62. The fourth-order valence-electron chi connectivity index (χ4n) is 5.26. The summed E-state index contributed by atoms with van der Waals surface area (Å²) in [5, 5.41) is 3.97. The van der Waals surface area contributed by atoms with Crippen molar-refractivity contribution in [3.05, 3.63) is 53.3 Å². The van der Waals surface area contributed by atoms with Crippen molar-refractivity contribution in [3.63, 3.8) is 0 Å². The summed E-state index contributed by atoms with van der Waals surface area (Å²) in [4.78, 5) is 18.6. The Morgan fingerprint density at radius 3 is 2.52 bits per heavy atom. The van der Waals surface area contributed by atoms with Crippen molar-refractivity contribution in [1.29, 1.82) is 0 Å². The van der Waals surface area contributed by atoms with E-state index in [2.05, 4.69) is 5.32 Å². The highest BCUT2D eigenvalue weighted by atomic mass is 35.5. The fourth-order valence-corrected chi connectivity index (χ4v) is 5.39. The molecule has 33 heavy (non-hydrogen) atoms. The van der Waals surface area contributed by atoms with E-state index in [4.69, 9.17) is 21.3 Å². The lowest BCUT2D eigenvalue weighted by Gasteiger charge is -2.33. The molecule has 1 aliphatic carbocycles. The van der Waals surface area contributed by atoms with Gasteiger partial charge in [-0.05, 0) is 68.0 Å². The number of fused-ring (bicyclic) bond motifs is 1. The van der Waals surface area contributed by atoms with Crippen LogP contribution in [0.3, 0.4) is 0 Å². The summed E-state index contributed by atoms with van der Waals surface area (Å²) in [5.41, 5.74) is 2.15. The van der Waals surface area contributed by atoms with Gasteiger partial charge in [0.25, 0.3) is 0 Å². The van der Waals surface area contributed by atoms with E-state index in [9.17, 15) is 9.18 Å². The smallest absolute Gasteiger partial charge is 0.243 e. The maximum Gasteiger partial charge on any atom is 0.243 e. The topological polar surface area (TPSA) is 56.1 Å². The van der Waals surface area contributed by atoms with Gasteiger partial charge >= 0.3 is 0 Å². The number of ether oxygens (including phenoxy) is 1. The Bertz CT molecular complexity index is 1120. The minimum Gasteiger partial charge on any atom is -0.381 e. The Hall–Kier alpha value is -2.44. The van der Waals surface area contributed by atoms with Crippen molar-refractivity contribution < 1.29 is 13.9 Å². The number of halogens is 2. The van der Waals surface area contributed by atoms with E-state index >= 15 is 0 Å². The van der Waals surface area contributed by atoms with Crippen LogP contribution in [0.1, 0.15) is 51.0 Å². The summed E-state index contributed by atoms with van der Waals surface area (Å²) >= 11 is 6.13. The van der Waals surface area contributed by atoms with Crippen LogP contribution in [0.5, 0.6) is 0 Å². The molecule has 1 atom stereocenters. The van der Waals surface area contributed by atoms with E-state index in [1.807, 2.05) is 28.8 Å². The number of hydrogen-bond donors (Lipinski definition) is 1. The second kappa shape index (κ2) is 9.82. The molecule has 2 aliphatic rings. The number of imidazole rings is 1. The first-order chi connectivity index (χ1) is 16.1. The van der Waals surface area contributed by atoms with E-state index in [-0.39, 0.29) is 23.7 Å². The lowest BCUT2D eigenvalue weighted by Crippen LogP contribution is -2.44. The third-order valence-electron chi connectivity index (χ3n) is 6.96. The number of amides is 1. The van der Waals surface area contributed by atoms with Gasteiger partial charge in [-0.25, -0.2) is 9.37 Å². The van der Waals surface area contributed by atoms with Crippen LogP contribution in [0.25, 0.3) is 22.4 Å². The molecule has 3 aromatic rings. The molecular formula is C26H29ClFN3O2. The number of benzene rings is 2. The van der Waals surface area contributed by atoms with Crippen LogP contribution in [0.2, 0.25) is 5.02 Å². The SMILES string of the molecule is O=C(NC1CCCCC1)[C@H](C1CCOCC1)n1c(-c2ccc(Cl)cc2)nc2cc(F)ccc21. The van der Waals surface area contributed by atoms with Crippen molar-refractivity contribution in [2.45, 2.75) is 57.0 Å². The van der Waals surface area contributed by atoms with Crippen molar-refractivity contribution in [2.24, 2.45) is 5.92 Å². The predicted octanol–water partition coefficient (Wildman–Crippen LogP) is 5.91. The number of nitrogens with one attached hydrogen (secondary N) is 1. The third-order valence-corrected chi connectivity index (χ3v) is 7.22. The minimum atomic E-state index is -0.447. The van der Waals surface area contributed by atoms with Gasteiger partial charge in [0.15, 0.2) is 0 Å². The molecule has 0 radical (unpaired) electrons. The van der Waals surface area contributed by atoms with Crippen molar-refractivity contribution in [1.82, 2.24) is 14.9 Å². The normalized spacial score (nSPS) is 19.0. The zero-order chi connectivity index (χ0) is 22.8. The number of aromatic nitrogens is 2. The van der Waals surface area contributed by atoms with E-state index in [1.165, 1.54) is 18.6 Å². The minimum absolute atomic E-state index is 0.0210. The molecule has 7 heteroatoms. The van der Waals surface area contributed by atoms with Gasteiger partial charge in [-0.2, -0.15) is 0 Å². The molecule has 5 rings (SSSR count). The summed E-state index contributed by atoms with van der Waals surface area (Å²) in [6.45, 7) is 1.27. The number of nitrogens with zero attached hydrogens (tertiary/aromatic N) is 2. The van der Waals surface area contributed by atoms with Gasteiger partial charge in [0.2, 0.25) is 5.91 Å². The van der Waals surface area contributed by atoms with Crippen LogP contribution in [0, 0.1) is 11.7 Å². The average Bonchev–Trinajstić information content (AvgIpc) is 3.19. The molecule has 1 aliphatic heterocycles. The molecule has 0 spiro atoms. The highest BCUT2D eigenvalue weighted by Gasteiger charge is 2.35. The van der Waals surface area contributed by atoms with Crippen LogP contribution in [-0.4, -0.2) is 34.7 Å². The Kier molecular flexibility index (Phi) is 6.65. The van der Waals surface area contributed by atoms with Crippen LogP contribution < -0.4 is 5.32 Å². The van der Waals surface area contributed by atoms with Crippen LogP contribution >= 0.6 is 11.6 Å². The van der Waals surface area contributed by atoms with Gasteiger partial charge in [0, 0.05) is 35.9 Å². The number of hydrogen-bond acceptors (Lipinski definition) is 3. The zero-order valence-corrected chi connectivity index (χ0v) is 19.4. The van der Waals surface area contributed by atoms with Crippen LogP contribution in [0.15, 0.2) is 42.5 Å². The van der Waals surface area contributed by atoms with Crippen molar-refractivity contribution >= 4 is 28.5 Å². The quantitative estimate of drug-likeness (QED) is 0.505. The van der Waals surface area contributed by atoms with Crippen molar-refractivity contribution in [3.8, 4) is 11.4 Å². The van der Waals surface area contributed by atoms with Gasteiger partial charge in [-0.1, -0.05) is 30.9 Å². The summed E-state index contributed by atoms with van der Waals surface area (Å²) in [6, 6.07) is 11.8. The third kappa shape index (κ3) is 4.78. The van der Waals surface area contributed by atoms with Crippen LogP contribution in [-0.2, 0) is 9.53 Å². The summed E-state index contributed by atoms with van der Waals surface area (Å²) in [5.74, 6) is 0.440. The standard InChI is InChI=1S/C26H29ClFN3O2/c27-19-8-6-18(7-9-19)25-30-22-16-20(28)10-11-23(22)31(25)24(17-12-14-33-15-13-17)26(32)29-21-4-2-1-3-5-21/h6-11,16-17,21,24H,1-5,12-15H2,(H,29,32)/t24-/m0/s1. The molecule has 5 nitrogen and oxygen atoms in total. The van der Waals surface area contributed by atoms with Crippen molar-refractivity contribution in [2.75, 3.05) is 13.2 Å². The highest BCUT2D eigenvalue weighted by Crippen LogP contribution is 2.36. The molecule has 1 N–H and O–H groups in total. The monoisotopic (exact) mass is 469 g/mol. The number of rotatable bonds is 5. The molecule has 2 aromatic carbocycles. The summed E-state index contributed by atoms with van der Waals surface area (Å²) in [6.07, 6.45) is 7.16. The summed E-state index contributed by atoms with van der Waals surface area (Å²) in [7, 11) is 0.